The van der Waals surface area contributed by atoms with Gasteiger partial charge in [0.1, 0.15) is 11.4 Å². The third-order valence-corrected chi connectivity index (χ3v) is 4.13. The summed E-state index contributed by atoms with van der Waals surface area (Å²) in [6.07, 6.45) is 3.75. The number of aromatic nitrogens is 2. The zero-order valence-electron chi connectivity index (χ0n) is 10.9. The lowest BCUT2D eigenvalue weighted by Gasteiger charge is -2.35. The molecule has 0 spiro atoms. The van der Waals surface area contributed by atoms with Crippen LogP contribution in [0.4, 0.5) is 0 Å². The SMILES string of the molecule is Cc1nonc1CC1CC(C(C)C)CCC1O. The summed E-state index contributed by atoms with van der Waals surface area (Å²) in [7, 11) is 0. The number of aliphatic hydroxyl groups excluding tert-OH is 1. The maximum Gasteiger partial charge on any atom is 0.108 e. The molecular weight excluding hydrogens is 216 g/mol. The van der Waals surface area contributed by atoms with Crippen molar-refractivity contribution in [1.29, 1.82) is 0 Å². The molecule has 0 radical (unpaired) electrons. The van der Waals surface area contributed by atoms with E-state index >= 15 is 0 Å². The van der Waals surface area contributed by atoms with E-state index in [9.17, 15) is 5.11 Å². The van der Waals surface area contributed by atoms with Crippen LogP contribution in [-0.4, -0.2) is 21.5 Å². The quantitative estimate of drug-likeness (QED) is 0.878. The zero-order valence-corrected chi connectivity index (χ0v) is 10.9. The number of hydrogen-bond donors (Lipinski definition) is 1. The minimum Gasteiger partial charge on any atom is -0.393 e. The van der Waals surface area contributed by atoms with Gasteiger partial charge in [-0.25, -0.2) is 4.63 Å². The molecule has 1 aromatic heterocycles. The summed E-state index contributed by atoms with van der Waals surface area (Å²) in [4.78, 5) is 0. The lowest BCUT2D eigenvalue weighted by atomic mass is 9.73. The predicted molar refractivity (Wildman–Crippen MR) is 64.4 cm³/mol. The Morgan fingerprint density at radius 2 is 2.12 bits per heavy atom. The van der Waals surface area contributed by atoms with Gasteiger partial charge in [-0.3, -0.25) is 0 Å². The average Bonchev–Trinajstić information content (AvgIpc) is 2.67. The third kappa shape index (κ3) is 2.86. The molecule has 0 bridgehead atoms. The Morgan fingerprint density at radius 1 is 1.35 bits per heavy atom. The highest BCUT2D eigenvalue weighted by Gasteiger charge is 2.31. The minimum absolute atomic E-state index is 0.193. The summed E-state index contributed by atoms with van der Waals surface area (Å²) in [5.41, 5.74) is 1.75. The smallest absolute Gasteiger partial charge is 0.108 e. The monoisotopic (exact) mass is 238 g/mol. The summed E-state index contributed by atoms with van der Waals surface area (Å²) in [5, 5.41) is 17.8. The van der Waals surface area contributed by atoms with Crippen LogP contribution in [0.2, 0.25) is 0 Å². The number of hydrogen-bond acceptors (Lipinski definition) is 4. The Morgan fingerprint density at radius 3 is 2.71 bits per heavy atom. The standard InChI is InChI=1S/C13H22N2O2/c1-8(2)10-4-5-13(16)11(6-10)7-12-9(3)14-17-15-12/h8,10-11,13,16H,4-7H2,1-3H3. The van der Waals surface area contributed by atoms with Crippen molar-refractivity contribution >= 4 is 0 Å². The Kier molecular flexibility index (Phi) is 3.82. The van der Waals surface area contributed by atoms with Crippen molar-refractivity contribution in [2.45, 2.75) is 52.6 Å². The van der Waals surface area contributed by atoms with Crippen LogP contribution in [0.5, 0.6) is 0 Å². The Hall–Kier alpha value is -0.900. The molecule has 2 rings (SSSR count). The predicted octanol–water partition coefficient (Wildman–Crippen LogP) is 2.35. The van der Waals surface area contributed by atoms with Crippen LogP contribution < -0.4 is 0 Å². The Labute approximate surface area is 102 Å². The van der Waals surface area contributed by atoms with Gasteiger partial charge >= 0.3 is 0 Å². The van der Waals surface area contributed by atoms with Gasteiger partial charge in [0, 0.05) is 6.42 Å². The second-order valence-electron chi connectivity index (χ2n) is 5.65. The van der Waals surface area contributed by atoms with Gasteiger partial charge in [-0.1, -0.05) is 24.2 Å². The second-order valence-corrected chi connectivity index (χ2v) is 5.65. The van der Waals surface area contributed by atoms with Crippen molar-refractivity contribution in [2.24, 2.45) is 17.8 Å². The fourth-order valence-corrected chi connectivity index (χ4v) is 2.79. The van der Waals surface area contributed by atoms with Gasteiger partial charge in [0.05, 0.1) is 6.10 Å². The molecule has 1 aromatic rings. The van der Waals surface area contributed by atoms with Crippen molar-refractivity contribution in [2.75, 3.05) is 0 Å². The molecule has 3 unspecified atom stereocenters. The molecule has 1 aliphatic carbocycles. The largest absolute Gasteiger partial charge is 0.393 e. The fourth-order valence-electron chi connectivity index (χ4n) is 2.79. The first-order valence-corrected chi connectivity index (χ1v) is 6.54. The molecule has 1 fully saturated rings. The van der Waals surface area contributed by atoms with Gasteiger partial charge in [0.2, 0.25) is 0 Å². The fraction of sp³-hybridized carbons (Fsp3) is 0.846. The maximum absolute atomic E-state index is 10.1. The molecule has 1 N–H and O–H groups in total. The summed E-state index contributed by atoms with van der Waals surface area (Å²) in [5.74, 6) is 1.73. The normalized spacial score (nSPS) is 29.8. The molecule has 0 aliphatic heterocycles. The van der Waals surface area contributed by atoms with Crippen molar-refractivity contribution in [3.8, 4) is 0 Å². The van der Waals surface area contributed by atoms with Gasteiger partial charge < -0.3 is 5.11 Å². The molecule has 4 heteroatoms. The van der Waals surface area contributed by atoms with E-state index in [-0.39, 0.29) is 6.10 Å². The van der Waals surface area contributed by atoms with Crippen LogP contribution >= 0.6 is 0 Å². The lowest BCUT2D eigenvalue weighted by molar-refractivity contribution is 0.0370. The van der Waals surface area contributed by atoms with E-state index in [1.54, 1.807) is 0 Å². The van der Waals surface area contributed by atoms with Crippen LogP contribution in [0.3, 0.4) is 0 Å². The Balaban J connectivity index is 2.01. The topological polar surface area (TPSA) is 59.2 Å². The molecule has 3 atom stereocenters. The second kappa shape index (κ2) is 5.17. The van der Waals surface area contributed by atoms with E-state index < -0.39 is 0 Å². The maximum atomic E-state index is 10.1. The average molecular weight is 238 g/mol. The lowest BCUT2D eigenvalue weighted by Crippen LogP contribution is -2.32. The molecule has 1 aliphatic rings. The van der Waals surface area contributed by atoms with Gasteiger partial charge in [-0.2, -0.15) is 0 Å². The molecule has 1 heterocycles. The summed E-state index contributed by atoms with van der Waals surface area (Å²) in [6.45, 7) is 6.44. The van der Waals surface area contributed by atoms with E-state index in [2.05, 4.69) is 24.2 Å². The Bertz CT molecular complexity index is 362. The number of rotatable bonds is 3. The van der Waals surface area contributed by atoms with E-state index in [0.717, 1.165) is 43.0 Å². The van der Waals surface area contributed by atoms with Crippen molar-refractivity contribution < 1.29 is 9.74 Å². The number of nitrogens with zero attached hydrogens (tertiary/aromatic N) is 2. The highest BCUT2D eigenvalue weighted by Crippen LogP contribution is 2.35. The van der Waals surface area contributed by atoms with Crippen LogP contribution in [-0.2, 0) is 6.42 Å². The molecule has 0 saturated heterocycles. The third-order valence-electron chi connectivity index (χ3n) is 4.13. The number of aryl methyl sites for hydroxylation is 1. The van der Waals surface area contributed by atoms with Crippen LogP contribution in [0.25, 0.3) is 0 Å². The first kappa shape index (κ1) is 12.6. The summed E-state index contributed by atoms with van der Waals surface area (Å²) in [6, 6.07) is 0. The van der Waals surface area contributed by atoms with Crippen molar-refractivity contribution in [3.63, 3.8) is 0 Å². The molecule has 1 saturated carbocycles. The van der Waals surface area contributed by atoms with Gasteiger partial charge in [-0.15, -0.1) is 0 Å². The molecule has 17 heavy (non-hydrogen) atoms. The summed E-state index contributed by atoms with van der Waals surface area (Å²) < 4.78 is 4.71. The number of aliphatic hydroxyl groups is 1. The molecule has 96 valence electrons. The molecule has 4 nitrogen and oxygen atoms in total. The van der Waals surface area contributed by atoms with E-state index in [4.69, 9.17) is 4.63 Å². The molecular formula is C13H22N2O2. The molecule has 0 amide bonds. The van der Waals surface area contributed by atoms with Crippen LogP contribution in [0.1, 0.15) is 44.5 Å². The van der Waals surface area contributed by atoms with E-state index in [0.29, 0.717) is 11.8 Å². The zero-order chi connectivity index (χ0) is 12.4. The highest BCUT2D eigenvalue weighted by molar-refractivity contribution is 5.06. The first-order chi connectivity index (χ1) is 8.08. The van der Waals surface area contributed by atoms with E-state index in [1.807, 2.05) is 6.92 Å². The van der Waals surface area contributed by atoms with Crippen molar-refractivity contribution in [1.82, 2.24) is 10.3 Å². The molecule has 0 aromatic carbocycles. The highest BCUT2D eigenvalue weighted by atomic mass is 16.6. The first-order valence-electron chi connectivity index (χ1n) is 6.54. The van der Waals surface area contributed by atoms with Crippen molar-refractivity contribution in [3.05, 3.63) is 11.4 Å². The van der Waals surface area contributed by atoms with Crippen LogP contribution in [0.15, 0.2) is 4.63 Å². The van der Waals surface area contributed by atoms with E-state index in [1.165, 1.54) is 0 Å². The van der Waals surface area contributed by atoms with Crippen LogP contribution in [0, 0.1) is 24.7 Å². The summed E-state index contributed by atoms with van der Waals surface area (Å²) >= 11 is 0. The van der Waals surface area contributed by atoms with Gasteiger partial charge in [0.25, 0.3) is 0 Å². The van der Waals surface area contributed by atoms with Gasteiger partial charge in [0.15, 0.2) is 0 Å². The van der Waals surface area contributed by atoms with Gasteiger partial charge in [-0.05, 0) is 43.9 Å². The minimum atomic E-state index is -0.193.